The first-order valence-corrected chi connectivity index (χ1v) is 7.51. The second-order valence-corrected chi connectivity index (χ2v) is 6.01. The van der Waals surface area contributed by atoms with Gasteiger partial charge in [-0.3, -0.25) is 4.79 Å². The molecule has 0 unspecified atom stereocenters. The van der Waals surface area contributed by atoms with Crippen LogP contribution in [0, 0.1) is 0 Å². The maximum Gasteiger partial charge on any atom is 0.210 e. The molecule has 0 aliphatic rings. The number of aromatic nitrogens is 3. The van der Waals surface area contributed by atoms with Crippen LogP contribution in [0.3, 0.4) is 0 Å². The largest absolute Gasteiger partial charge is 0.335 e. The average Bonchev–Trinajstić information content (AvgIpc) is 2.74. The summed E-state index contributed by atoms with van der Waals surface area (Å²) in [5.41, 5.74) is 0.618. The third-order valence-electron chi connectivity index (χ3n) is 2.52. The van der Waals surface area contributed by atoms with Gasteiger partial charge in [0.2, 0.25) is 5.16 Å². The smallest absolute Gasteiger partial charge is 0.210 e. The predicted octanol–water partition coefficient (Wildman–Crippen LogP) is 3.04. The Hall–Kier alpha value is -1.24. The highest BCUT2D eigenvalue weighted by molar-refractivity contribution is 7.99. The number of nitrogens with two attached hydrogens (primary N) is 1. The zero-order chi connectivity index (χ0) is 14.7. The summed E-state index contributed by atoms with van der Waals surface area (Å²) in [7, 11) is 0. The SMILES string of the molecule is CC(=O)CCSc1nnc(-c2cc(Cl)ccc2Cl)n1N. The highest BCUT2D eigenvalue weighted by atomic mass is 35.5. The van der Waals surface area contributed by atoms with Gasteiger partial charge in [0.25, 0.3) is 0 Å². The minimum Gasteiger partial charge on any atom is -0.335 e. The van der Waals surface area contributed by atoms with Crippen molar-refractivity contribution in [3.63, 3.8) is 0 Å². The van der Waals surface area contributed by atoms with E-state index in [9.17, 15) is 4.79 Å². The molecule has 0 saturated carbocycles. The van der Waals surface area contributed by atoms with E-state index in [2.05, 4.69) is 10.2 Å². The van der Waals surface area contributed by atoms with Crippen LogP contribution in [0.2, 0.25) is 10.0 Å². The second-order valence-electron chi connectivity index (χ2n) is 4.10. The van der Waals surface area contributed by atoms with E-state index in [0.717, 1.165) is 0 Å². The molecular weight excluding hydrogens is 319 g/mol. The Morgan fingerprint density at radius 3 is 2.85 bits per heavy atom. The Labute approximate surface area is 130 Å². The summed E-state index contributed by atoms with van der Waals surface area (Å²) >= 11 is 13.4. The third kappa shape index (κ3) is 3.45. The molecule has 8 heteroatoms. The van der Waals surface area contributed by atoms with Crippen molar-refractivity contribution in [2.75, 3.05) is 11.6 Å². The average molecular weight is 331 g/mol. The maximum atomic E-state index is 10.9. The summed E-state index contributed by atoms with van der Waals surface area (Å²) in [5.74, 6) is 7.12. The molecule has 5 nitrogen and oxygen atoms in total. The number of nitrogen functional groups attached to an aromatic ring is 1. The molecular formula is C12H12Cl2N4OS. The Balaban J connectivity index is 2.24. The summed E-state index contributed by atoms with van der Waals surface area (Å²) in [6, 6.07) is 5.05. The van der Waals surface area contributed by atoms with Gasteiger partial charge in [-0.2, -0.15) is 0 Å². The van der Waals surface area contributed by atoms with Crippen LogP contribution in [0.25, 0.3) is 11.4 Å². The van der Waals surface area contributed by atoms with E-state index in [4.69, 9.17) is 29.0 Å². The standard InChI is InChI=1S/C12H12Cl2N4OS/c1-7(19)4-5-20-12-17-16-11(18(12)15)9-6-8(13)2-3-10(9)14/h2-3,6H,4-5,15H2,1H3. The van der Waals surface area contributed by atoms with Crippen LogP contribution >= 0.6 is 35.0 Å². The fourth-order valence-electron chi connectivity index (χ4n) is 1.51. The van der Waals surface area contributed by atoms with E-state index < -0.39 is 0 Å². The van der Waals surface area contributed by atoms with Crippen molar-refractivity contribution in [3.8, 4) is 11.4 Å². The van der Waals surface area contributed by atoms with Crippen LogP contribution in [-0.4, -0.2) is 26.4 Å². The number of rotatable bonds is 5. The number of nitrogens with zero attached hydrogens (tertiary/aromatic N) is 3. The van der Waals surface area contributed by atoms with Gasteiger partial charge in [-0.1, -0.05) is 35.0 Å². The Kier molecular flexibility index (Phi) is 4.91. The van der Waals surface area contributed by atoms with Crippen LogP contribution in [0.4, 0.5) is 0 Å². The van der Waals surface area contributed by atoms with Crippen molar-refractivity contribution in [1.82, 2.24) is 14.9 Å². The zero-order valence-electron chi connectivity index (χ0n) is 10.6. The number of ketones is 1. The van der Waals surface area contributed by atoms with Gasteiger partial charge in [0, 0.05) is 22.8 Å². The zero-order valence-corrected chi connectivity index (χ0v) is 13.0. The minimum atomic E-state index is 0.124. The number of Topliss-reactive ketones (excluding diaryl/α,β-unsaturated/α-hetero) is 1. The molecule has 2 aromatic rings. The Morgan fingerprint density at radius 2 is 2.15 bits per heavy atom. The van der Waals surface area contributed by atoms with Crippen LogP contribution < -0.4 is 5.84 Å². The van der Waals surface area contributed by atoms with Gasteiger partial charge in [-0.25, -0.2) is 4.68 Å². The van der Waals surface area contributed by atoms with E-state index in [1.54, 1.807) is 25.1 Å². The first-order valence-electron chi connectivity index (χ1n) is 5.77. The molecule has 0 spiro atoms. The Bertz CT molecular complexity index is 644. The van der Waals surface area contributed by atoms with E-state index in [1.807, 2.05) is 0 Å². The predicted molar refractivity (Wildman–Crippen MR) is 81.7 cm³/mol. The topological polar surface area (TPSA) is 73.8 Å². The molecule has 106 valence electrons. The molecule has 0 radical (unpaired) electrons. The minimum absolute atomic E-state index is 0.124. The summed E-state index contributed by atoms with van der Waals surface area (Å²) in [5, 5.41) is 9.58. The molecule has 0 bridgehead atoms. The van der Waals surface area contributed by atoms with Gasteiger partial charge in [-0.15, -0.1) is 10.2 Å². The summed E-state index contributed by atoms with van der Waals surface area (Å²) in [4.78, 5) is 10.9. The van der Waals surface area contributed by atoms with Gasteiger partial charge < -0.3 is 5.84 Å². The lowest BCUT2D eigenvalue weighted by Crippen LogP contribution is -2.12. The molecule has 2 rings (SSSR count). The monoisotopic (exact) mass is 330 g/mol. The van der Waals surface area contributed by atoms with E-state index in [0.29, 0.717) is 38.8 Å². The van der Waals surface area contributed by atoms with Crippen molar-refractivity contribution in [2.24, 2.45) is 0 Å². The number of thioether (sulfide) groups is 1. The molecule has 0 aliphatic heterocycles. The number of carbonyl (C=O) groups is 1. The van der Waals surface area contributed by atoms with Gasteiger partial charge in [-0.05, 0) is 25.1 Å². The fraction of sp³-hybridized carbons (Fsp3) is 0.250. The van der Waals surface area contributed by atoms with E-state index in [-0.39, 0.29) is 5.78 Å². The maximum absolute atomic E-state index is 10.9. The Morgan fingerprint density at radius 1 is 1.40 bits per heavy atom. The van der Waals surface area contributed by atoms with Gasteiger partial charge in [0.05, 0.1) is 5.02 Å². The van der Waals surface area contributed by atoms with Crippen molar-refractivity contribution in [1.29, 1.82) is 0 Å². The van der Waals surface area contributed by atoms with E-state index >= 15 is 0 Å². The lowest BCUT2D eigenvalue weighted by Gasteiger charge is -2.05. The van der Waals surface area contributed by atoms with Gasteiger partial charge >= 0.3 is 0 Å². The van der Waals surface area contributed by atoms with Crippen LogP contribution in [0.5, 0.6) is 0 Å². The number of hydrogen-bond donors (Lipinski definition) is 1. The van der Waals surface area contributed by atoms with Crippen molar-refractivity contribution < 1.29 is 4.79 Å². The number of halogens is 2. The molecule has 0 fully saturated rings. The van der Waals surface area contributed by atoms with E-state index in [1.165, 1.54) is 16.4 Å². The summed E-state index contributed by atoms with van der Waals surface area (Å²) < 4.78 is 1.35. The summed E-state index contributed by atoms with van der Waals surface area (Å²) in [6.07, 6.45) is 0.463. The molecule has 1 aromatic carbocycles. The summed E-state index contributed by atoms with van der Waals surface area (Å²) in [6.45, 7) is 1.55. The van der Waals surface area contributed by atoms with Crippen molar-refractivity contribution in [3.05, 3.63) is 28.2 Å². The normalized spacial score (nSPS) is 10.8. The molecule has 1 aromatic heterocycles. The molecule has 0 aliphatic carbocycles. The highest BCUT2D eigenvalue weighted by Gasteiger charge is 2.15. The van der Waals surface area contributed by atoms with Crippen molar-refractivity contribution >= 4 is 40.7 Å². The first kappa shape index (κ1) is 15.2. The third-order valence-corrected chi connectivity index (χ3v) is 4.03. The molecule has 1 heterocycles. The lowest BCUT2D eigenvalue weighted by molar-refractivity contribution is -0.116. The molecule has 2 N–H and O–H groups in total. The molecule has 0 amide bonds. The van der Waals surface area contributed by atoms with Gasteiger partial charge in [0.1, 0.15) is 5.78 Å². The fourth-order valence-corrected chi connectivity index (χ4v) is 2.78. The number of benzene rings is 1. The van der Waals surface area contributed by atoms with Gasteiger partial charge in [0.15, 0.2) is 5.82 Å². The van der Waals surface area contributed by atoms with Crippen molar-refractivity contribution in [2.45, 2.75) is 18.5 Å². The van der Waals surface area contributed by atoms with Crippen LogP contribution in [-0.2, 0) is 4.79 Å². The van der Waals surface area contributed by atoms with Crippen LogP contribution in [0.15, 0.2) is 23.4 Å². The highest BCUT2D eigenvalue weighted by Crippen LogP contribution is 2.30. The molecule has 0 saturated heterocycles. The first-order chi connectivity index (χ1) is 9.49. The number of carbonyl (C=O) groups excluding carboxylic acids is 1. The second kappa shape index (κ2) is 6.47. The molecule has 20 heavy (non-hydrogen) atoms. The number of hydrogen-bond acceptors (Lipinski definition) is 5. The molecule has 0 atom stereocenters. The quantitative estimate of drug-likeness (QED) is 0.673. The van der Waals surface area contributed by atoms with Crippen LogP contribution in [0.1, 0.15) is 13.3 Å². The lowest BCUT2D eigenvalue weighted by atomic mass is 10.2.